The number of sulfonamides is 1. The van der Waals surface area contributed by atoms with Crippen LogP contribution in [0.5, 0.6) is 5.75 Å². The van der Waals surface area contributed by atoms with Crippen molar-refractivity contribution in [3.05, 3.63) is 53.6 Å². The van der Waals surface area contributed by atoms with E-state index in [1.54, 1.807) is 32.0 Å². The number of ether oxygens (including phenoxy) is 2. The van der Waals surface area contributed by atoms with E-state index in [1.165, 1.54) is 37.4 Å². The number of anilines is 1. The first-order valence-electron chi connectivity index (χ1n) is 7.86. The van der Waals surface area contributed by atoms with Crippen molar-refractivity contribution in [1.82, 2.24) is 0 Å². The van der Waals surface area contributed by atoms with Crippen LogP contribution in [0.15, 0.2) is 53.4 Å². The van der Waals surface area contributed by atoms with Crippen LogP contribution in [0.3, 0.4) is 0 Å². The molecule has 8 heteroatoms. The number of benzene rings is 2. The Kier molecular flexibility index (Phi) is 6.50. The molecule has 0 bridgehead atoms. The molecule has 0 N–H and O–H groups in total. The van der Waals surface area contributed by atoms with Crippen molar-refractivity contribution < 1.29 is 22.7 Å². The largest absolute Gasteiger partial charge is 0.497 e. The number of nitrogens with zero attached hydrogens (tertiary/aromatic N) is 1. The van der Waals surface area contributed by atoms with E-state index < -0.39 is 22.5 Å². The highest BCUT2D eigenvalue weighted by Crippen LogP contribution is 2.27. The summed E-state index contributed by atoms with van der Waals surface area (Å²) in [6.07, 6.45) is -0.354. The van der Waals surface area contributed by atoms with E-state index in [-0.39, 0.29) is 11.0 Å². The van der Waals surface area contributed by atoms with Gasteiger partial charge >= 0.3 is 5.97 Å². The lowest BCUT2D eigenvalue weighted by Gasteiger charge is -2.24. The first-order valence-corrected chi connectivity index (χ1v) is 9.67. The number of carbonyl (C=O) groups excluding carboxylic acids is 1. The molecule has 0 aliphatic carbocycles. The monoisotopic (exact) mass is 397 g/mol. The summed E-state index contributed by atoms with van der Waals surface area (Å²) in [6, 6.07) is 12.2. The van der Waals surface area contributed by atoms with Crippen LogP contribution in [0.1, 0.15) is 13.8 Å². The molecule has 0 saturated heterocycles. The summed E-state index contributed by atoms with van der Waals surface area (Å²) in [4.78, 5) is 12.2. The Balaban J connectivity index is 2.48. The quantitative estimate of drug-likeness (QED) is 0.668. The molecule has 0 saturated carbocycles. The lowest BCUT2D eigenvalue weighted by Crippen LogP contribution is -2.37. The zero-order valence-electron chi connectivity index (χ0n) is 14.7. The van der Waals surface area contributed by atoms with Crippen LogP contribution >= 0.6 is 11.6 Å². The second-order valence-electron chi connectivity index (χ2n) is 5.71. The van der Waals surface area contributed by atoms with Crippen molar-refractivity contribution in [1.29, 1.82) is 0 Å². The van der Waals surface area contributed by atoms with E-state index in [4.69, 9.17) is 21.1 Å². The number of halogens is 1. The summed E-state index contributed by atoms with van der Waals surface area (Å²) >= 11 is 5.84. The molecule has 6 nitrogen and oxygen atoms in total. The summed E-state index contributed by atoms with van der Waals surface area (Å²) in [5.41, 5.74) is 0.292. The molecule has 0 aliphatic heterocycles. The maximum Gasteiger partial charge on any atom is 0.327 e. The van der Waals surface area contributed by atoms with Gasteiger partial charge in [-0.1, -0.05) is 17.7 Å². The molecule has 0 heterocycles. The van der Waals surface area contributed by atoms with Crippen molar-refractivity contribution in [3.8, 4) is 5.75 Å². The van der Waals surface area contributed by atoms with E-state index in [1.807, 2.05) is 0 Å². The summed E-state index contributed by atoms with van der Waals surface area (Å²) in [5, 5.41) is 0.413. The summed E-state index contributed by atoms with van der Waals surface area (Å²) in [5.74, 6) is -0.184. The molecule has 0 unspecified atom stereocenters. The Hall–Kier alpha value is -2.25. The molecule has 0 fully saturated rings. The summed E-state index contributed by atoms with van der Waals surface area (Å²) in [6.45, 7) is 2.93. The third-order valence-corrected chi connectivity index (χ3v) is 5.42. The first kappa shape index (κ1) is 20.1. The van der Waals surface area contributed by atoms with Crippen LogP contribution in [0, 0.1) is 0 Å². The fourth-order valence-corrected chi connectivity index (χ4v) is 3.76. The Morgan fingerprint density at radius 1 is 1.15 bits per heavy atom. The topological polar surface area (TPSA) is 72.9 Å². The Morgan fingerprint density at radius 2 is 1.81 bits per heavy atom. The molecule has 0 aliphatic rings. The van der Waals surface area contributed by atoms with Crippen molar-refractivity contribution in [2.45, 2.75) is 24.8 Å². The average Bonchev–Trinajstić information content (AvgIpc) is 2.59. The number of rotatable bonds is 7. The molecule has 26 heavy (non-hydrogen) atoms. The minimum Gasteiger partial charge on any atom is -0.497 e. The standard InChI is InChI=1S/C18H20ClNO5S/c1-13(2)25-18(21)12-20(15-5-4-6-16(11-15)24-3)26(22,23)17-9-7-14(19)8-10-17/h4-11,13H,12H2,1-3H3. The van der Waals surface area contributed by atoms with Crippen LogP contribution in [0.4, 0.5) is 5.69 Å². The molecule has 2 rings (SSSR count). The van der Waals surface area contributed by atoms with Gasteiger partial charge in [-0.15, -0.1) is 0 Å². The highest BCUT2D eigenvalue weighted by atomic mass is 35.5. The van der Waals surface area contributed by atoms with E-state index in [0.29, 0.717) is 16.5 Å². The third-order valence-electron chi connectivity index (χ3n) is 3.38. The van der Waals surface area contributed by atoms with Crippen LogP contribution in [-0.4, -0.2) is 34.1 Å². The number of carbonyl (C=O) groups is 1. The predicted octanol–water partition coefficient (Wildman–Crippen LogP) is 3.50. The molecule has 140 valence electrons. The van der Waals surface area contributed by atoms with Gasteiger partial charge < -0.3 is 9.47 Å². The van der Waals surface area contributed by atoms with Gasteiger partial charge in [0.1, 0.15) is 12.3 Å². The highest BCUT2D eigenvalue weighted by molar-refractivity contribution is 7.92. The van der Waals surface area contributed by atoms with Crippen LogP contribution in [0.2, 0.25) is 5.02 Å². The van der Waals surface area contributed by atoms with Crippen molar-refractivity contribution in [2.75, 3.05) is 18.0 Å². The molecule has 0 radical (unpaired) electrons. The SMILES string of the molecule is COc1cccc(N(CC(=O)OC(C)C)S(=O)(=O)c2ccc(Cl)cc2)c1. The van der Waals surface area contributed by atoms with Gasteiger partial charge in [0.05, 0.1) is 23.8 Å². The van der Waals surface area contributed by atoms with Gasteiger partial charge in [0.2, 0.25) is 0 Å². The highest BCUT2D eigenvalue weighted by Gasteiger charge is 2.28. The van der Waals surface area contributed by atoms with Gasteiger partial charge in [-0.3, -0.25) is 9.10 Å². The molecule has 2 aromatic rings. The van der Waals surface area contributed by atoms with Gasteiger partial charge in [0.15, 0.2) is 0 Å². The number of methoxy groups -OCH3 is 1. The molecule has 2 aromatic carbocycles. The maximum absolute atomic E-state index is 13.1. The Labute approximate surface area is 158 Å². The van der Waals surface area contributed by atoms with E-state index in [2.05, 4.69) is 0 Å². The molecule has 0 atom stereocenters. The fraction of sp³-hybridized carbons (Fsp3) is 0.278. The second kappa shape index (κ2) is 8.42. The smallest absolute Gasteiger partial charge is 0.327 e. The van der Waals surface area contributed by atoms with E-state index in [0.717, 1.165) is 4.31 Å². The summed E-state index contributed by atoms with van der Waals surface area (Å²) in [7, 11) is -2.53. The molecule has 0 aromatic heterocycles. The molecular formula is C18H20ClNO5S. The summed E-state index contributed by atoms with van der Waals surface area (Å²) < 4.78 is 37.5. The van der Waals surface area contributed by atoms with Crippen molar-refractivity contribution in [2.24, 2.45) is 0 Å². The van der Waals surface area contributed by atoms with Crippen molar-refractivity contribution >= 4 is 33.3 Å². The zero-order chi connectivity index (χ0) is 19.3. The molecule has 0 amide bonds. The average molecular weight is 398 g/mol. The fourth-order valence-electron chi connectivity index (χ4n) is 2.23. The number of esters is 1. The van der Waals surface area contributed by atoms with Gasteiger partial charge in [-0.25, -0.2) is 8.42 Å². The Bertz CT molecular complexity index is 865. The van der Waals surface area contributed by atoms with Gasteiger partial charge in [-0.2, -0.15) is 0 Å². The minimum atomic E-state index is -4.01. The van der Waals surface area contributed by atoms with Gasteiger partial charge in [-0.05, 0) is 50.2 Å². The van der Waals surface area contributed by atoms with E-state index >= 15 is 0 Å². The normalized spacial score (nSPS) is 11.3. The van der Waals surface area contributed by atoms with Crippen molar-refractivity contribution in [3.63, 3.8) is 0 Å². The van der Waals surface area contributed by atoms with Crippen LogP contribution in [-0.2, 0) is 19.6 Å². The lowest BCUT2D eigenvalue weighted by molar-refractivity contribution is -0.145. The lowest BCUT2D eigenvalue weighted by atomic mass is 10.3. The van der Waals surface area contributed by atoms with Gasteiger partial charge in [0, 0.05) is 11.1 Å². The van der Waals surface area contributed by atoms with Crippen LogP contribution < -0.4 is 9.04 Å². The Morgan fingerprint density at radius 3 is 2.38 bits per heavy atom. The second-order valence-corrected chi connectivity index (χ2v) is 8.00. The van der Waals surface area contributed by atoms with Gasteiger partial charge in [0.25, 0.3) is 10.0 Å². The third kappa shape index (κ3) is 4.89. The maximum atomic E-state index is 13.1. The zero-order valence-corrected chi connectivity index (χ0v) is 16.3. The molecule has 0 spiro atoms. The first-order chi connectivity index (χ1) is 12.2. The number of hydrogen-bond acceptors (Lipinski definition) is 5. The van der Waals surface area contributed by atoms with Crippen LogP contribution in [0.25, 0.3) is 0 Å². The van der Waals surface area contributed by atoms with E-state index in [9.17, 15) is 13.2 Å². The predicted molar refractivity (Wildman–Crippen MR) is 100 cm³/mol. The minimum absolute atomic E-state index is 0.0158. The number of hydrogen-bond donors (Lipinski definition) is 0. The molecular weight excluding hydrogens is 378 g/mol.